The van der Waals surface area contributed by atoms with Crippen molar-refractivity contribution in [2.75, 3.05) is 20.8 Å². The summed E-state index contributed by atoms with van der Waals surface area (Å²) in [5, 5.41) is 4.45. The van der Waals surface area contributed by atoms with Gasteiger partial charge < -0.3 is 14.8 Å². The minimum atomic E-state index is -0.151. The fourth-order valence-electron chi connectivity index (χ4n) is 3.79. The van der Waals surface area contributed by atoms with Crippen molar-refractivity contribution >= 4 is 28.4 Å². The highest BCUT2D eigenvalue weighted by atomic mass is 35.5. The average molecular weight is 461 g/mol. The Morgan fingerprint density at radius 1 is 0.970 bits per heavy atom. The number of hydrogen-bond acceptors (Lipinski definition) is 4. The highest BCUT2D eigenvalue weighted by Gasteiger charge is 2.15. The highest BCUT2D eigenvalue weighted by Crippen LogP contribution is 2.30. The van der Waals surface area contributed by atoms with Crippen molar-refractivity contribution in [1.82, 2.24) is 10.3 Å². The van der Waals surface area contributed by atoms with Crippen LogP contribution in [0.15, 0.2) is 66.7 Å². The molecule has 0 aliphatic rings. The molecule has 0 bridgehead atoms. The second-order valence-electron chi connectivity index (χ2n) is 7.75. The first-order chi connectivity index (χ1) is 16.0. The Labute approximate surface area is 198 Å². The summed E-state index contributed by atoms with van der Waals surface area (Å²) in [5.74, 6) is 1.19. The number of fused-ring (bicyclic) bond motifs is 1. The fraction of sp³-hybridized carbons (Fsp3) is 0.185. The maximum atomic E-state index is 13.2. The summed E-state index contributed by atoms with van der Waals surface area (Å²) >= 11 is 6.41. The Hall–Kier alpha value is -3.57. The molecule has 6 heteroatoms. The van der Waals surface area contributed by atoms with Crippen LogP contribution in [0.1, 0.15) is 21.5 Å². The van der Waals surface area contributed by atoms with Crippen LogP contribution in [-0.2, 0) is 6.42 Å². The van der Waals surface area contributed by atoms with Gasteiger partial charge in [-0.05, 0) is 55.3 Å². The number of pyridine rings is 1. The van der Waals surface area contributed by atoms with E-state index in [0.29, 0.717) is 40.7 Å². The number of carbonyl (C=O) groups excluding carboxylic acids is 1. The van der Waals surface area contributed by atoms with E-state index in [4.69, 9.17) is 26.1 Å². The normalized spacial score (nSPS) is 10.8. The lowest BCUT2D eigenvalue weighted by Gasteiger charge is -2.13. The zero-order chi connectivity index (χ0) is 23.4. The molecule has 1 N–H and O–H groups in total. The first-order valence-electron chi connectivity index (χ1n) is 10.7. The van der Waals surface area contributed by atoms with E-state index >= 15 is 0 Å². The molecule has 4 rings (SSSR count). The van der Waals surface area contributed by atoms with Crippen molar-refractivity contribution in [3.8, 4) is 22.8 Å². The number of nitrogens with zero attached hydrogens (tertiary/aromatic N) is 1. The van der Waals surface area contributed by atoms with Crippen LogP contribution in [0.5, 0.6) is 11.5 Å². The second-order valence-corrected chi connectivity index (χ2v) is 8.16. The number of halogens is 1. The first kappa shape index (κ1) is 22.6. The van der Waals surface area contributed by atoms with Crippen molar-refractivity contribution in [3.05, 3.63) is 88.4 Å². The van der Waals surface area contributed by atoms with Crippen molar-refractivity contribution < 1.29 is 14.3 Å². The standard InChI is InChI=1S/C27H25ClN2O3/c1-17-8-10-23-20(14-17)21(16-24(30-23)19-6-4-5-7-22(19)28)27(31)29-13-12-18-9-11-25(32-2)26(15-18)33-3/h4-11,14-16H,12-13H2,1-3H3,(H,29,31). The van der Waals surface area contributed by atoms with E-state index in [1.165, 1.54) is 0 Å². The van der Waals surface area contributed by atoms with Crippen LogP contribution < -0.4 is 14.8 Å². The van der Waals surface area contributed by atoms with Gasteiger partial charge in [0.05, 0.1) is 31.0 Å². The number of ether oxygens (including phenoxy) is 2. The van der Waals surface area contributed by atoms with Crippen LogP contribution in [0, 0.1) is 6.92 Å². The summed E-state index contributed by atoms with van der Waals surface area (Å²) in [7, 11) is 3.21. The van der Waals surface area contributed by atoms with Gasteiger partial charge in [0.25, 0.3) is 5.91 Å². The first-order valence-corrected chi connectivity index (χ1v) is 11.0. The topological polar surface area (TPSA) is 60.5 Å². The van der Waals surface area contributed by atoms with Gasteiger partial charge in [-0.3, -0.25) is 4.79 Å². The number of nitrogens with one attached hydrogen (secondary N) is 1. The number of aromatic nitrogens is 1. The van der Waals surface area contributed by atoms with Crippen molar-refractivity contribution in [3.63, 3.8) is 0 Å². The molecule has 4 aromatic rings. The van der Waals surface area contributed by atoms with Crippen LogP contribution in [-0.4, -0.2) is 31.7 Å². The molecule has 0 spiro atoms. The fourth-order valence-corrected chi connectivity index (χ4v) is 4.02. The average Bonchev–Trinajstić information content (AvgIpc) is 2.83. The summed E-state index contributed by atoms with van der Waals surface area (Å²) in [5.41, 5.74) is 4.89. The molecular weight excluding hydrogens is 436 g/mol. The van der Waals surface area contributed by atoms with Gasteiger partial charge in [-0.25, -0.2) is 4.98 Å². The van der Waals surface area contributed by atoms with Crippen molar-refractivity contribution in [2.45, 2.75) is 13.3 Å². The number of methoxy groups -OCH3 is 2. The van der Waals surface area contributed by atoms with Crippen molar-refractivity contribution in [2.24, 2.45) is 0 Å². The summed E-state index contributed by atoms with van der Waals surface area (Å²) < 4.78 is 10.7. The van der Waals surface area contributed by atoms with Crippen LogP contribution in [0.4, 0.5) is 0 Å². The monoisotopic (exact) mass is 460 g/mol. The molecule has 0 aliphatic carbocycles. The summed E-state index contributed by atoms with van der Waals surface area (Å²) in [6.45, 7) is 2.48. The number of hydrogen-bond donors (Lipinski definition) is 1. The SMILES string of the molecule is COc1ccc(CCNC(=O)c2cc(-c3ccccc3Cl)nc3ccc(C)cc23)cc1OC. The molecule has 0 saturated heterocycles. The van der Waals surface area contributed by atoms with E-state index in [-0.39, 0.29) is 5.91 Å². The van der Waals surface area contributed by atoms with E-state index in [2.05, 4.69) is 5.32 Å². The third-order valence-electron chi connectivity index (χ3n) is 5.51. The lowest BCUT2D eigenvalue weighted by atomic mass is 10.0. The Morgan fingerprint density at radius 3 is 2.52 bits per heavy atom. The minimum Gasteiger partial charge on any atom is -0.493 e. The molecule has 3 aromatic carbocycles. The van der Waals surface area contributed by atoms with Crippen molar-refractivity contribution in [1.29, 1.82) is 0 Å². The third-order valence-corrected chi connectivity index (χ3v) is 5.84. The molecule has 33 heavy (non-hydrogen) atoms. The zero-order valence-electron chi connectivity index (χ0n) is 18.8. The largest absolute Gasteiger partial charge is 0.493 e. The summed E-state index contributed by atoms with van der Waals surface area (Å²) in [6.07, 6.45) is 0.658. The smallest absolute Gasteiger partial charge is 0.252 e. The Bertz CT molecular complexity index is 1320. The van der Waals surface area contributed by atoms with E-state index in [9.17, 15) is 4.79 Å². The Balaban J connectivity index is 1.61. The second kappa shape index (κ2) is 9.92. The zero-order valence-corrected chi connectivity index (χ0v) is 19.6. The quantitative estimate of drug-likeness (QED) is 0.375. The van der Waals surface area contributed by atoms with Crippen LogP contribution >= 0.6 is 11.6 Å². The molecule has 1 heterocycles. The van der Waals surface area contributed by atoms with E-state index in [1.807, 2.05) is 73.7 Å². The Morgan fingerprint density at radius 2 is 1.76 bits per heavy atom. The molecule has 0 radical (unpaired) electrons. The van der Waals surface area contributed by atoms with E-state index in [1.54, 1.807) is 14.2 Å². The van der Waals surface area contributed by atoms with Gasteiger partial charge >= 0.3 is 0 Å². The third kappa shape index (κ3) is 4.94. The highest BCUT2D eigenvalue weighted by molar-refractivity contribution is 6.33. The van der Waals surface area contributed by atoms with E-state index in [0.717, 1.165) is 27.6 Å². The molecule has 1 aromatic heterocycles. The van der Waals surface area contributed by atoms with Gasteiger partial charge in [-0.2, -0.15) is 0 Å². The summed E-state index contributed by atoms with van der Waals surface area (Å²) in [4.78, 5) is 18.0. The van der Waals surface area contributed by atoms with Crippen LogP contribution in [0.25, 0.3) is 22.2 Å². The predicted octanol–water partition coefficient (Wildman–Crippen LogP) is 5.85. The lowest BCUT2D eigenvalue weighted by Crippen LogP contribution is -2.26. The molecule has 5 nitrogen and oxygen atoms in total. The summed E-state index contributed by atoms with van der Waals surface area (Å²) in [6, 6.07) is 21.0. The van der Waals surface area contributed by atoms with Crippen LogP contribution in [0.3, 0.4) is 0 Å². The molecule has 0 unspecified atom stereocenters. The van der Waals surface area contributed by atoms with Gasteiger partial charge in [0, 0.05) is 22.5 Å². The number of aryl methyl sites for hydroxylation is 1. The maximum absolute atomic E-state index is 13.2. The van der Waals surface area contributed by atoms with E-state index < -0.39 is 0 Å². The Kier molecular flexibility index (Phi) is 6.80. The lowest BCUT2D eigenvalue weighted by molar-refractivity contribution is 0.0955. The van der Waals surface area contributed by atoms with Gasteiger partial charge in [0.15, 0.2) is 11.5 Å². The maximum Gasteiger partial charge on any atom is 0.252 e. The molecular formula is C27H25ClN2O3. The van der Waals surface area contributed by atoms with Gasteiger partial charge in [0.1, 0.15) is 0 Å². The number of carbonyl (C=O) groups is 1. The molecule has 1 amide bonds. The van der Waals surface area contributed by atoms with Gasteiger partial charge in [0.2, 0.25) is 0 Å². The van der Waals surface area contributed by atoms with Crippen LogP contribution in [0.2, 0.25) is 5.02 Å². The van der Waals surface area contributed by atoms with Gasteiger partial charge in [-0.1, -0.05) is 47.5 Å². The van der Waals surface area contributed by atoms with Gasteiger partial charge in [-0.15, -0.1) is 0 Å². The molecule has 168 valence electrons. The molecule has 0 saturated carbocycles. The number of benzene rings is 3. The molecule has 0 fully saturated rings. The molecule has 0 aliphatic heterocycles. The molecule has 0 atom stereocenters. The predicted molar refractivity (Wildman–Crippen MR) is 133 cm³/mol. The minimum absolute atomic E-state index is 0.151. The number of rotatable bonds is 7. The number of amides is 1.